The van der Waals surface area contributed by atoms with Crippen LogP contribution in [0.3, 0.4) is 0 Å². The Morgan fingerprint density at radius 1 is 1.47 bits per heavy atom. The average molecular weight is 228 g/mol. The van der Waals surface area contributed by atoms with Crippen LogP contribution < -0.4 is 5.73 Å². The summed E-state index contributed by atoms with van der Waals surface area (Å²) in [7, 11) is 0. The Bertz CT molecular complexity index is 329. The van der Waals surface area contributed by atoms with Crippen LogP contribution in [0, 0.1) is 5.92 Å². The molecular weight excluding hydrogens is 210 g/mol. The predicted octanol–water partition coefficient (Wildman–Crippen LogP) is 3.26. The molecule has 0 aliphatic heterocycles. The molecule has 84 valence electrons. The minimum Gasteiger partial charge on any atom is -0.383 e. The normalized spacial score (nSPS) is 20.4. The summed E-state index contributed by atoms with van der Waals surface area (Å²) < 4.78 is 1.87. The van der Waals surface area contributed by atoms with Crippen LogP contribution in [-0.4, -0.2) is 9.78 Å². The van der Waals surface area contributed by atoms with Gasteiger partial charge in [0.05, 0.1) is 12.2 Å². The Balaban J connectivity index is 2.12. The SMILES string of the molecule is CC(C1CCCCC1)n1ncc(Cl)c1N. The second-order valence-corrected chi connectivity index (χ2v) is 4.87. The first-order valence-electron chi connectivity index (χ1n) is 5.68. The quantitative estimate of drug-likeness (QED) is 0.843. The van der Waals surface area contributed by atoms with Crippen molar-refractivity contribution in [2.45, 2.75) is 45.1 Å². The molecule has 0 aromatic carbocycles. The van der Waals surface area contributed by atoms with E-state index in [9.17, 15) is 0 Å². The van der Waals surface area contributed by atoms with E-state index < -0.39 is 0 Å². The molecule has 1 unspecified atom stereocenters. The first-order valence-corrected chi connectivity index (χ1v) is 6.06. The largest absolute Gasteiger partial charge is 0.383 e. The second-order valence-electron chi connectivity index (χ2n) is 4.46. The van der Waals surface area contributed by atoms with Crippen molar-refractivity contribution in [1.82, 2.24) is 9.78 Å². The van der Waals surface area contributed by atoms with E-state index in [2.05, 4.69) is 12.0 Å². The molecule has 0 saturated heterocycles. The van der Waals surface area contributed by atoms with Gasteiger partial charge in [0.1, 0.15) is 10.8 Å². The molecule has 15 heavy (non-hydrogen) atoms. The number of nitrogens with two attached hydrogens (primary N) is 1. The van der Waals surface area contributed by atoms with E-state index in [-0.39, 0.29) is 0 Å². The van der Waals surface area contributed by atoms with Gasteiger partial charge >= 0.3 is 0 Å². The molecule has 1 aliphatic carbocycles. The zero-order chi connectivity index (χ0) is 10.8. The van der Waals surface area contributed by atoms with Crippen LogP contribution in [0.15, 0.2) is 6.20 Å². The topological polar surface area (TPSA) is 43.8 Å². The van der Waals surface area contributed by atoms with Gasteiger partial charge in [-0.3, -0.25) is 0 Å². The van der Waals surface area contributed by atoms with Gasteiger partial charge in [0.2, 0.25) is 0 Å². The molecule has 0 amide bonds. The van der Waals surface area contributed by atoms with Gasteiger partial charge in [-0.05, 0) is 25.7 Å². The smallest absolute Gasteiger partial charge is 0.140 e. The minimum atomic E-state index is 0.373. The molecule has 0 spiro atoms. The van der Waals surface area contributed by atoms with Crippen molar-refractivity contribution in [2.24, 2.45) is 5.92 Å². The van der Waals surface area contributed by atoms with Gasteiger partial charge in [0.15, 0.2) is 0 Å². The monoisotopic (exact) mass is 227 g/mol. The molecule has 3 nitrogen and oxygen atoms in total. The van der Waals surface area contributed by atoms with E-state index in [1.807, 2.05) is 4.68 Å². The molecule has 1 atom stereocenters. The maximum absolute atomic E-state index is 5.90. The highest BCUT2D eigenvalue weighted by molar-refractivity contribution is 6.32. The lowest BCUT2D eigenvalue weighted by atomic mass is 9.84. The fourth-order valence-corrected chi connectivity index (χ4v) is 2.62. The molecule has 1 aromatic heterocycles. The Hall–Kier alpha value is -0.700. The summed E-state index contributed by atoms with van der Waals surface area (Å²) in [5, 5.41) is 4.82. The van der Waals surface area contributed by atoms with E-state index >= 15 is 0 Å². The Kier molecular flexibility index (Phi) is 3.19. The zero-order valence-corrected chi connectivity index (χ0v) is 9.87. The minimum absolute atomic E-state index is 0.373. The summed E-state index contributed by atoms with van der Waals surface area (Å²) in [5.41, 5.74) is 5.88. The molecule has 0 radical (unpaired) electrons. The highest BCUT2D eigenvalue weighted by Crippen LogP contribution is 2.34. The fourth-order valence-electron chi connectivity index (χ4n) is 2.49. The van der Waals surface area contributed by atoms with Gasteiger partial charge < -0.3 is 5.73 Å². The number of hydrogen-bond acceptors (Lipinski definition) is 2. The fraction of sp³-hybridized carbons (Fsp3) is 0.727. The summed E-state index contributed by atoms with van der Waals surface area (Å²) in [4.78, 5) is 0. The molecule has 0 bridgehead atoms. The Labute approximate surface area is 95.6 Å². The van der Waals surface area contributed by atoms with Gasteiger partial charge in [-0.2, -0.15) is 5.10 Å². The molecule has 2 rings (SSSR count). The lowest BCUT2D eigenvalue weighted by Crippen LogP contribution is -2.21. The second kappa shape index (κ2) is 4.44. The number of rotatable bonds is 2. The third-order valence-electron chi connectivity index (χ3n) is 3.50. The van der Waals surface area contributed by atoms with Crippen molar-refractivity contribution in [2.75, 3.05) is 5.73 Å². The molecule has 1 heterocycles. The van der Waals surface area contributed by atoms with Gasteiger partial charge in [0, 0.05) is 0 Å². The number of anilines is 1. The van der Waals surface area contributed by atoms with Crippen LogP contribution in [0.5, 0.6) is 0 Å². The van der Waals surface area contributed by atoms with Crippen molar-refractivity contribution in [1.29, 1.82) is 0 Å². The van der Waals surface area contributed by atoms with Crippen LogP contribution in [0.25, 0.3) is 0 Å². The Morgan fingerprint density at radius 2 is 2.13 bits per heavy atom. The number of hydrogen-bond donors (Lipinski definition) is 1. The highest BCUT2D eigenvalue weighted by atomic mass is 35.5. The van der Waals surface area contributed by atoms with Crippen LogP contribution in [0.4, 0.5) is 5.82 Å². The van der Waals surface area contributed by atoms with Gasteiger partial charge in [-0.1, -0.05) is 30.9 Å². The van der Waals surface area contributed by atoms with E-state index in [0.717, 1.165) is 0 Å². The van der Waals surface area contributed by atoms with Crippen LogP contribution in [0.2, 0.25) is 5.02 Å². The van der Waals surface area contributed by atoms with E-state index in [0.29, 0.717) is 22.8 Å². The Morgan fingerprint density at radius 3 is 2.67 bits per heavy atom. The van der Waals surface area contributed by atoms with Crippen molar-refractivity contribution in [3.8, 4) is 0 Å². The lowest BCUT2D eigenvalue weighted by Gasteiger charge is -2.28. The van der Waals surface area contributed by atoms with E-state index in [1.54, 1.807) is 6.20 Å². The summed E-state index contributed by atoms with van der Waals surface area (Å²) in [5.74, 6) is 1.31. The molecule has 1 fully saturated rings. The number of halogens is 1. The molecule has 1 aliphatic rings. The summed E-state index contributed by atoms with van der Waals surface area (Å²) in [6.07, 6.45) is 8.26. The first-order chi connectivity index (χ1) is 7.20. The zero-order valence-electron chi connectivity index (χ0n) is 9.12. The molecule has 2 N–H and O–H groups in total. The lowest BCUT2D eigenvalue weighted by molar-refractivity contribution is 0.252. The standard InChI is InChI=1S/C11H18ClN3/c1-8(9-5-3-2-4-6-9)15-11(13)10(12)7-14-15/h7-9H,2-6,13H2,1H3. The van der Waals surface area contributed by atoms with Crippen LogP contribution in [-0.2, 0) is 0 Å². The van der Waals surface area contributed by atoms with Crippen molar-refractivity contribution in [3.63, 3.8) is 0 Å². The van der Waals surface area contributed by atoms with Crippen molar-refractivity contribution < 1.29 is 0 Å². The number of aromatic nitrogens is 2. The van der Waals surface area contributed by atoms with Crippen molar-refractivity contribution in [3.05, 3.63) is 11.2 Å². The van der Waals surface area contributed by atoms with Crippen LogP contribution >= 0.6 is 11.6 Å². The highest BCUT2D eigenvalue weighted by Gasteiger charge is 2.23. The summed E-state index contributed by atoms with van der Waals surface area (Å²) >= 11 is 5.90. The molecular formula is C11H18ClN3. The third kappa shape index (κ3) is 2.12. The number of nitrogens with zero attached hydrogens (tertiary/aromatic N) is 2. The summed E-state index contributed by atoms with van der Waals surface area (Å²) in [6.45, 7) is 2.19. The maximum Gasteiger partial charge on any atom is 0.140 e. The van der Waals surface area contributed by atoms with E-state index in [1.165, 1.54) is 32.1 Å². The van der Waals surface area contributed by atoms with Crippen molar-refractivity contribution >= 4 is 17.4 Å². The average Bonchev–Trinajstić information content (AvgIpc) is 2.60. The summed E-state index contributed by atoms with van der Waals surface area (Å²) in [6, 6.07) is 0.373. The van der Waals surface area contributed by atoms with E-state index in [4.69, 9.17) is 17.3 Å². The molecule has 4 heteroatoms. The predicted molar refractivity (Wildman–Crippen MR) is 62.9 cm³/mol. The number of nitrogen functional groups attached to an aromatic ring is 1. The molecule has 1 aromatic rings. The van der Waals surface area contributed by atoms with Gasteiger partial charge in [0.25, 0.3) is 0 Å². The van der Waals surface area contributed by atoms with Gasteiger partial charge in [-0.25, -0.2) is 4.68 Å². The third-order valence-corrected chi connectivity index (χ3v) is 3.80. The van der Waals surface area contributed by atoms with Crippen LogP contribution in [0.1, 0.15) is 45.1 Å². The first kappa shape index (κ1) is 10.8. The van der Waals surface area contributed by atoms with Gasteiger partial charge in [-0.15, -0.1) is 0 Å². The maximum atomic E-state index is 5.90. The molecule has 1 saturated carbocycles.